The highest BCUT2D eigenvalue weighted by atomic mass is 19.1. The number of nitrogens with zero attached hydrogens (tertiary/aromatic N) is 4. The summed E-state index contributed by atoms with van der Waals surface area (Å²) in [5.41, 5.74) is 10.3. The van der Waals surface area contributed by atoms with E-state index < -0.39 is 6.03 Å². The molecule has 8 nitrogen and oxygen atoms in total. The highest BCUT2D eigenvalue weighted by molar-refractivity contribution is 6.03. The van der Waals surface area contributed by atoms with Crippen molar-refractivity contribution in [1.29, 1.82) is 0 Å². The first-order chi connectivity index (χ1) is 22.4. The number of halogens is 2. The lowest BCUT2D eigenvalue weighted by molar-refractivity contribution is 0.0736. The van der Waals surface area contributed by atoms with Gasteiger partial charge in [0.05, 0.1) is 23.1 Å². The Bertz CT molecular complexity index is 1600. The SMILES string of the molecule is NC(=O)N(c1ccccc1)c1ccc(C(=O)N2CCNCC2)cc1N1CCCN(C(c2ccc(F)cc2)c2ccc(F)cc2)CC1. The van der Waals surface area contributed by atoms with Crippen LogP contribution in [0.1, 0.15) is 33.9 Å². The molecule has 2 aliphatic heterocycles. The fraction of sp³-hybridized carbons (Fsp3) is 0.278. The number of nitrogens with two attached hydrogens (primary N) is 1. The quantitative estimate of drug-likeness (QED) is 0.283. The monoisotopic (exact) mass is 624 g/mol. The number of para-hydroxylation sites is 1. The summed E-state index contributed by atoms with van der Waals surface area (Å²) in [6.07, 6.45) is 0.774. The Balaban J connectivity index is 1.35. The summed E-state index contributed by atoms with van der Waals surface area (Å²) in [6, 6.07) is 26.8. The third-order valence-corrected chi connectivity index (χ3v) is 8.71. The van der Waals surface area contributed by atoms with Gasteiger partial charge in [-0.25, -0.2) is 13.6 Å². The number of hydrogen-bond donors (Lipinski definition) is 2. The van der Waals surface area contributed by atoms with Gasteiger partial charge in [-0.3, -0.25) is 14.6 Å². The van der Waals surface area contributed by atoms with Crippen molar-refractivity contribution in [2.24, 2.45) is 5.73 Å². The average molecular weight is 625 g/mol. The number of urea groups is 1. The maximum Gasteiger partial charge on any atom is 0.323 e. The van der Waals surface area contributed by atoms with Gasteiger partial charge >= 0.3 is 6.03 Å². The van der Waals surface area contributed by atoms with Crippen molar-refractivity contribution in [1.82, 2.24) is 15.1 Å². The number of rotatable bonds is 7. The molecule has 0 aromatic heterocycles. The molecule has 0 saturated carbocycles. The summed E-state index contributed by atoms with van der Waals surface area (Å²) >= 11 is 0. The molecule has 3 amide bonds. The second kappa shape index (κ2) is 14.1. The lowest BCUT2D eigenvalue weighted by Crippen LogP contribution is -2.46. The number of hydrogen-bond acceptors (Lipinski definition) is 5. The molecular weight excluding hydrogens is 586 g/mol. The van der Waals surface area contributed by atoms with E-state index in [1.54, 1.807) is 30.3 Å². The fourth-order valence-corrected chi connectivity index (χ4v) is 6.45. The maximum absolute atomic E-state index is 13.9. The number of benzene rings is 4. The van der Waals surface area contributed by atoms with Crippen LogP contribution in [0.25, 0.3) is 0 Å². The number of carbonyl (C=O) groups excluding carboxylic acids is 2. The molecule has 4 aromatic carbocycles. The van der Waals surface area contributed by atoms with Crippen LogP contribution in [0.15, 0.2) is 97.1 Å². The van der Waals surface area contributed by atoms with Gasteiger partial charge in [-0.1, -0.05) is 42.5 Å². The minimum absolute atomic E-state index is 0.0521. The van der Waals surface area contributed by atoms with Crippen LogP contribution < -0.4 is 20.9 Å². The average Bonchev–Trinajstić information content (AvgIpc) is 3.33. The molecule has 0 unspecified atom stereocenters. The Morgan fingerprint density at radius 1 is 0.739 bits per heavy atom. The summed E-state index contributed by atoms with van der Waals surface area (Å²) in [5, 5.41) is 3.29. The van der Waals surface area contributed by atoms with Crippen LogP contribution in [-0.2, 0) is 0 Å². The molecule has 0 spiro atoms. The number of primary amides is 1. The van der Waals surface area contributed by atoms with E-state index >= 15 is 0 Å². The molecule has 0 atom stereocenters. The van der Waals surface area contributed by atoms with Crippen LogP contribution in [0, 0.1) is 11.6 Å². The van der Waals surface area contributed by atoms with Gasteiger partial charge in [0, 0.05) is 57.9 Å². The van der Waals surface area contributed by atoms with E-state index in [9.17, 15) is 18.4 Å². The highest BCUT2D eigenvalue weighted by Gasteiger charge is 2.29. The van der Waals surface area contributed by atoms with Crippen LogP contribution >= 0.6 is 0 Å². The molecule has 10 heteroatoms. The molecular formula is C36H38F2N6O2. The number of carbonyl (C=O) groups is 2. The van der Waals surface area contributed by atoms with Gasteiger partial charge in [0.25, 0.3) is 5.91 Å². The Labute approximate surface area is 268 Å². The van der Waals surface area contributed by atoms with Crippen molar-refractivity contribution in [3.63, 3.8) is 0 Å². The van der Waals surface area contributed by atoms with Gasteiger partial charge < -0.3 is 20.9 Å². The predicted octanol–water partition coefficient (Wildman–Crippen LogP) is 5.53. The van der Waals surface area contributed by atoms with Crippen LogP contribution in [0.3, 0.4) is 0 Å². The van der Waals surface area contributed by atoms with Gasteiger partial charge in [0.2, 0.25) is 0 Å². The first-order valence-corrected chi connectivity index (χ1v) is 15.7. The Hall–Kier alpha value is -4.80. The molecule has 2 aliphatic rings. The van der Waals surface area contributed by atoms with Crippen molar-refractivity contribution in [2.75, 3.05) is 62.2 Å². The van der Waals surface area contributed by atoms with Crippen molar-refractivity contribution in [3.05, 3.63) is 125 Å². The number of anilines is 3. The van der Waals surface area contributed by atoms with Crippen molar-refractivity contribution in [2.45, 2.75) is 12.5 Å². The topological polar surface area (TPSA) is 85.1 Å². The molecule has 2 fully saturated rings. The second-order valence-electron chi connectivity index (χ2n) is 11.6. The molecule has 2 heterocycles. The fourth-order valence-electron chi connectivity index (χ4n) is 6.45. The third kappa shape index (κ3) is 6.88. The van der Waals surface area contributed by atoms with E-state index in [2.05, 4.69) is 15.1 Å². The molecule has 6 rings (SSSR count). The van der Waals surface area contributed by atoms with Crippen LogP contribution in [0.4, 0.5) is 30.6 Å². The molecule has 0 radical (unpaired) electrons. The van der Waals surface area contributed by atoms with Crippen molar-refractivity contribution in [3.8, 4) is 0 Å². The number of piperazine rings is 1. The summed E-state index contributed by atoms with van der Waals surface area (Å²) in [4.78, 5) is 34.4. The van der Waals surface area contributed by atoms with Gasteiger partial charge in [-0.2, -0.15) is 0 Å². The van der Waals surface area contributed by atoms with Crippen molar-refractivity contribution >= 4 is 29.0 Å². The lowest BCUT2D eigenvalue weighted by Gasteiger charge is -2.33. The minimum atomic E-state index is -0.627. The van der Waals surface area contributed by atoms with Crippen LogP contribution in [-0.4, -0.2) is 74.1 Å². The predicted molar refractivity (Wildman–Crippen MR) is 176 cm³/mol. The third-order valence-electron chi connectivity index (χ3n) is 8.71. The van der Waals surface area contributed by atoms with E-state index in [-0.39, 0.29) is 23.6 Å². The Morgan fingerprint density at radius 3 is 1.98 bits per heavy atom. The van der Waals surface area contributed by atoms with Crippen LogP contribution in [0.5, 0.6) is 0 Å². The molecule has 4 aromatic rings. The molecule has 46 heavy (non-hydrogen) atoms. The zero-order valence-corrected chi connectivity index (χ0v) is 25.6. The highest BCUT2D eigenvalue weighted by Crippen LogP contribution is 2.37. The van der Waals surface area contributed by atoms with E-state index in [1.807, 2.05) is 47.4 Å². The zero-order chi connectivity index (χ0) is 32.0. The first-order valence-electron chi connectivity index (χ1n) is 15.7. The summed E-state index contributed by atoms with van der Waals surface area (Å²) in [6.45, 7) is 5.32. The van der Waals surface area contributed by atoms with Gasteiger partial charge in [-0.15, -0.1) is 0 Å². The molecule has 2 saturated heterocycles. The first kappa shape index (κ1) is 31.2. The van der Waals surface area contributed by atoms with E-state index in [0.717, 1.165) is 42.9 Å². The molecule has 3 N–H and O–H groups in total. The van der Waals surface area contributed by atoms with Gasteiger partial charge in [0.1, 0.15) is 11.6 Å². The second-order valence-corrected chi connectivity index (χ2v) is 11.6. The Kier molecular flexibility index (Phi) is 9.56. The smallest absolute Gasteiger partial charge is 0.323 e. The zero-order valence-electron chi connectivity index (χ0n) is 25.6. The summed E-state index contributed by atoms with van der Waals surface area (Å²) in [5.74, 6) is -0.684. The largest absolute Gasteiger partial charge is 0.368 e. The van der Waals surface area contributed by atoms with Gasteiger partial charge in [0.15, 0.2) is 0 Å². The van der Waals surface area contributed by atoms with Gasteiger partial charge in [-0.05, 0) is 72.1 Å². The Morgan fingerprint density at radius 2 is 1.37 bits per heavy atom. The van der Waals surface area contributed by atoms with E-state index in [4.69, 9.17) is 5.73 Å². The molecule has 238 valence electrons. The normalized spacial score (nSPS) is 15.9. The standard InChI is InChI=1S/C36H38F2N6O2/c37-29-12-7-26(8-13-29)34(27-9-14-30(38)15-10-27)42-20-4-19-41(23-24-42)33-25-28(35(45)43-21-17-40-18-22-43)11-16-32(33)44(36(39)46)31-5-2-1-3-6-31/h1-3,5-16,25,34,40H,4,17-24H2,(H2,39,46). The molecule has 0 bridgehead atoms. The van der Waals surface area contributed by atoms with Crippen LogP contribution in [0.2, 0.25) is 0 Å². The summed E-state index contributed by atoms with van der Waals surface area (Å²) < 4.78 is 27.8. The lowest BCUT2D eigenvalue weighted by atomic mass is 9.96. The van der Waals surface area contributed by atoms with Crippen molar-refractivity contribution < 1.29 is 18.4 Å². The molecule has 0 aliphatic carbocycles. The maximum atomic E-state index is 13.9. The number of amides is 3. The van der Waals surface area contributed by atoms with E-state index in [0.29, 0.717) is 49.7 Å². The number of nitrogens with one attached hydrogen (secondary N) is 1. The minimum Gasteiger partial charge on any atom is -0.368 e. The van der Waals surface area contributed by atoms with E-state index in [1.165, 1.54) is 29.2 Å². The summed E-state index contributed by atoms with van der Waals surface area (Å²) in [7, 11) is 0.